The third kappa shape index (κ3) is 4.64. The zero-order valence-electron chi connectivity index (χ0n) is 13.7. The summed E-state index contributed by atoms with van der Waals surface area (Å²) in [7, 11) is 0. The van der Waals surface area contributed by atoms with E-state index in [1.807, 2.05) is 54.6 Å². The lowest BCUT2D eigenvalue weighted by molar-refractivity contribution is -0.136. The first kappa shape index (κ1) is 16.6. The molecule has 5 heteroatoms. The number of carbonyl (C=O) groups excluding carboxylic acids is 2. The van der Waals surface area contributed by atoms with Crippen LogP contribution in [0.5, 0.6) is 0 Å². The first-order valence-electron chi connectivity index (χ1n) is 8.20. The van der Waals surface area contributed by atoms with E-state index in [9.17, 15) is 9.59 Å². The molecule has 3 aromatic rings. The van der Waals surface area contributed by atoms with Gasteiger partial charge in [-0.25, -0.2) is 0 Å². The fraction of sp³-hybridized carbons (Fsp3) is 0.150. The number of fused-ring (bicyclic) bond motifs is 1. The molecule has 0 saturated carbocycles. The van der Waals surface area contributed by atoms with E-state index in [0.29, 0.717) is 12.2 Å². The summed E-state index contributed by atoms with van der Waals surface area (Å²) in [4.78, 5) is 28.1. The van der Waals surface area contributed by atoms with Crippen molar-refractivity contribution in [1.29, 1.82) is 0 Å². The van der Waals surface area contributed by atoms with Crippen LogP contribution in [0.3, 0.4) is 0 Å². The molecule has 1 aromatic heterocycles. The lowest BCUT2D eigenvalue weighted by atomic mass is 10.1. The maximum Gasteiger partial charge on any atom is 0.313 e. The molecule has 0 unspecified atom stereocenters. The maximum atomic E-state index is 12.0. The summed E-state index contributed by atoms with van der Waals surface area (Å²) in [5.74, 6) is -1.32. The lowest BCUT2D eigenvalue weighted by Gasteiger charge is -2.07. The van der Waals surface area contributed by atoms with Crippen molar-refractivity contribution in [1.82, 2.24) is 10.3 Å². The molecule has 2 N–H and O–H groups in total. The molecule has 2 amide bonds. The van der Waals surface area contributed by atoms with Gasteiger partial charge < -0.3 is 10.6 Å². The third-order valence-electron chi connectivity index (χ3n) is 3.83. The van der Waals surface area contributed by atoms with Crippen LogP contribution in [0.2, 0.25) is 0 Å². The van der Waals surface area contributed by atoms with Crippen molar-refractivity contribution in [3.05, 3.63) is 72.4 Å². The number of anilines is 1. The fourth-order valence-corrected chi connectivity index (χ4v) is 2.55. The van der Waals surface area contributed by atoms with Crippen LogP contribution in [0.15, 0.2) is 66.9 Å². The molecule has 0 spiro atoms. The van der Waals surface area contributed by atoms with Crippen molar-refractivity contribution in [3.8, 4) is 0 Å². The zero-order valence-corrected chi connectivity index (χ0v) is 13.7. The Kier molecular flexibility index (Phi) is 5.36. The van der Waals surface area contributed by atoms with E-state index in [0.717, 1.165) is 23.7 Å². The second-order valence-corrected chi connectivity index (χ2v) is 5.72. The summed E-state index contributed by atoms with van der Waals surface area (Å²) < 4.78 is 0. The number of hydrogen-bond acceptors (Lipinski definition) is 3. The number of benzene rings is 2. The van der Waals surface area contributed by atoms with E-state index in [1.165, 1.54) is 5.56 Å². The molecule has 25 heavy (non-hydrogen) atoms. The Balaban J connectivity index is 1.47. The molecule has 0 bridgehead atoms. The second-order valence-electron chi connectivity index (χ2n) is 5.72. The van der Waals surface area contributed by atoms with Gasteiger partial charge in [0.25, 0.3) is 0 Å². The van der Waals surface area contributed by atoms with Crippen LogP contribution in [0.25, 0.3) is 10.9 Å². The molecule has 5 nitrogen and oxygen atoms in total. The highest BCUT2D eigenvalue weighted by Crippen LogP contribution is 2.15. The van der Waals surface area contributed by atoms with Gasteiger partial charge in [0.1, 0.15) is 0 Å². The monoisotopic (exact) mass is 333 g/mol. The van der Waals surface area contributed by atoms with E-state index in [-0.39, 0.29) is 0 Å². The highest BCUT2D eigenvalue weighted by atomic mass is 16.2. The quantitative estimate of drug-likeness (QED) is 0.557. The van der Waals surface area contributed by atoms with Crippen molar-refractivity contribution < 1.29 is 9.59 Å². The lowest BCUT2D eigenvalue weighted by Crippen LogP contribution is -2.36. The number of aromatic nitrogens is 1. The van der Waals surface area contributed by atoms with E-state index < -0.39 is 11.8 Å². The minimum absolute atomic E-state index is 0.455. The number of aryl methyl sites for hydroxylation is 1. The van der Waals surface area contributed by atoms with Gasteiger partial charge in [0.15, 0.2) is 0 Å². The summed E-state index contributed by atoms with van der Waals surface area (Å²) >= 11 is 0. The molecule has 1 heterocycles. The van der Waals surface area contributed by atoms with E-state index >= 15 is 0 Å². The van der Waals surface area contributed by atoms with E-state index in [1.54, 1.807) is 12.3 Å². The predicted octanol–water partition coefficient (Wildman–Crippen LogP) is 2.92. The Hall–Kier alpha value is -3.21. The number of carbonyl (C=O) groups is 2. The molecule has 0 aliphatic carbocycles. The Bertz CT molecular complexity index is 878. The van der Waals surface area contributed by atoms with Crippen LogP contribution < -0.4 is 10.6 Å². The van der Waals surface area contributed by atoms with Gasteiger partial charge >= 0.3 is 11.8 Å². The average Bonchev–Trinajstić information content (AvgIpc) is 2.65. The van der Waals surface area contributed by atoms with Crippen LogP contribution in [-0.2, 0) is 16.0 Å². The van der Waals surface area contributed by atoms with Gasteiger partial charge in [-0.1, -0.05) is 48.5 Å². The molecule has 0 aliphatic heterocycles. The number of nitrogens with zero attached hydrogens (tertiary/aromatic N) is 1. The van der Waals surface area contributed by atoms with Crippen LogP contribution in [-0.4, -0.2) is 23.3 Å². The van der Waals surface area contributed by atoms with Gasteiger partial charge in [0, 0.05) is 11.9 Å². The SMILES string of the molecule is O=C(NCCCc1ccccc1)C(=O)Nc1cnc2ccccc2c1. The average molecular weight is 333 g/mol. The van der Waals surface area contributed by atoms with Crippen LogP contribution in [0.1, 0.15) is 12.0 Å². The second kappa shape index (κ2) is 8.06. The third-order valence-corrected chi connectivity index (χ3v) is 3.83. The summed E-state index contributed by atoms with van der Waals surface area (Å²) in [6, 6.07) is 19.4. The minimum Gasteiger partial charge on any atom is -0.348 e. The van der Waals surface area contributed by atoms with Gasteiger partial charge in [0.05, 0.1) is 17.4 Å². The van der Waals surface area contributed by atoms with E-state index in [2.05, 4.69) is 15.6 Å². The smallest absolute Gasteiger partial charge is 0.313 e. The van der Waals surface area contributed by atoms with Gasteiger partial charge in [-0.2, -0.15) is 0 Å². The summed E-state index contributed by atoms with van der Waals surface area (Å²) in [5, 5.41) is 6.12. The van der Waals surface area contributed by atoms with Crippen molar-refractivity contribution in [2.24, 2.45) is 0 Å². The van der Waals surface area contributed by atoms with Gasteiger partial charge in [-0.3, -0.25) is 14.6 Å². The van der Waals surface area contributed by atoms with Gasteiger partial charge in [0.2, 0.25) is 0 Å². The highest BCUT2D eigenvalue weighted by molar-refractivity contribution is 6.39. The zero-order chi connectivity index (χ0) is 17.5. The topological polar surface area (TPSA) is 71.1 Å². The number of hydrogen-bond donors (Lipinski definition) is 2. The van der Waals surface area contributed by atoms with Gasteiger partial charge in [-0.05, 0) is 30.5 Å². The number of para-hydroxylation sites is 1. The summed E-state index contributed by atoms with van der Waals surface area (Å²) in [6.45, 7) is 0.455. The van der Waals surface area contributed by atoms with Crippen LogP contribution in [0.4, 0.5) is 5.69 Å². The molecule has 0 saturated heterocycles. The van der Waals surface area contributed by atoms with Crippen LogP contribution >= 0.6 is 0 Å². The predicted molar refractivity (Wildman–Crippen MR) is 98.1 cm³/mol. The Morgan fingerprint density at radius 3 is 2.52 bits per heavy atom. The molecule has 0 atom stereocenters. The Labute approximate surface area is 146 Å². The molecule has 0 fully saturated rings. The van der Waals surface area contributed by atoms with Crippen molar-refractivity contribution >= 4 is 28.4 Å². The molecule has 126 valence electrons. The maximum absolute atomic E-state index is 12.0. The number of amides is 2. The highest BCUT2D eigenvalue weighted by Gasteiger charge is 2.13. The summed E-state index contributed by atoms with van der Waals surface area (Å²) in [5.41, 5.74) is 2.55. The summed E-state index contributed by atoms with van der Waals surface area (Å²) in [6.07, 6.45) is 3.18. The largest absolute Gasteiger partial charge is 0.348 e. The normalized spacial score (nSPS) is 10.4. The van der Waals surface area contributed by atoms with Crippen molar-refractivity contribution in [2.45, 2.75) is 12.8 Å². The van der Waals surface area contributed by atoms with Crippen molar-refractivity contribution in [2.75, 3.05) is 11.9 Å². The Morgan fingerprint density at radius 2 is 1.68 bits per heavy atom. The molecule has 0 aliphatic rings. The van der Waals surface area contributed by atoms with Crippen molar-refractivity contribution in [3.63, 3.8) is 0 Å². The number of nitrogens with one attached hydrogen (secondary N) is 2. The minimum atomic E-state index is -0.684. The first-order chi connectivity index (χ1) is 12.2. The molecular weight excluding hydrogens is 314 g/mol. The standard InChI is InChI=1S/C20H19N3O2/c24-19(21-12-6-9-15-7-2-1-3-8-15)20(25)23-17-13-16-10-4-5-11-18(16)22-14-17/h1-5,7-8,10-11,13-14H,6,9,12H2,(H,21,24)(H,23,25). The van der Waals surface area contributed by atoms with E-state index in [4.69, 9.17) is 0 Å². The molecule has 2 aromatic carbocycles. The number of pyridine rings is 1. The molecule has 3 rings (SSSR count). The first-order valence-corrected chi connectivity index (χ1v) is 8.20. The van der Waals surface area contributed by atoms with Gasteiger partial charge in [-0.15, -0.1) is 0 Å². The van der Waals surface area contributed by atoms with Crippen LogP contribution in [0, 0.1) is 0 Å². The fourth-order valence-electron chi connectivity index (χ4n) is 2.55. The molecular formula is C20H19N3O2. The molecule has 0 radical (unpaired) electrons. The number of rotatable bonds is 5. The Morgan fingerprint density at radius 1 is 0.920 bits per heavy atom.